The Morgan fingerprint density at radius 2 is 2.14 bits per heavy atom. The third-order valence-electron chi connectivity index (χ3n) is 1.48. The Bertz CT molecular complexity index is 76.1. The molecule has 1 N–H and O–H groups in total. The van der Waals surface area contributed by atoms with Crippen LogP contribution < -0.4 is 0 Å². The topological polar surface area (TPSA) is 20.2 Å². The van der Waals surface area contributed by atoms with Crippen LogP contribution in [0.4, 0.5) is 0 Å². The van der Waals surface area contributed by atoms with Crippen LogP contribution in [0.25, 0.3) is 0 Å². The molecular formula is C5H9ClO. The summed E-state index contributed by atoms with van der Waals surface area (Å²) in [6.07, 6.45) is 1.63. The molecule has 1 aliphatic rings. The zero-order valence-corrected chi connectivity index (χ0v) is 5.07. The van der Waals surface area contributed by atoms with Gasteiger partial charge in [-0.05, 0) is 19.8 Å². The van der Waals surface area contributed by atoms with E-state index in [1.807, 2.05) is 0 Å². The standard InChI is InChI=1S/C5H9ClO/c1-4(7)5(6)2-3-5/h4,7H,2-3H2,1H3. The monoisotopic (exact) mass is 120 g/mol. The van der Waals surface area contributed by atoms with E-state index < -0.39 is 0 Å². The highest BCUT2D eigenvalue weighted by Crippen LogP contribution is 2.45. The lowest BCUT2D eigenvalue weighted by Crippen LogP contribution is -2.16. The van der Waals surface area contributed by atoms with Crippen LogP contribution >= 0.6 is 11.6 Å². The highest BCUT2D eigenvalue weighted by molar-refractivity contribution is 6.26. The first-order valence-corrected chi connectivity index (χ1v) is 2.90. The number of aliphatic hydroxyl groups is 1. The molecule has 0 aromatic rings. The van der Waals surface area contributed by atoms with Gasteiger partial charge in [0.2, 0.25) is 0 Å². The zero-order valence-electron chi connectivity index (χ0n) is 4.32. The minimum atomic E-state index is -0.325. The maximum atomic E-state index is 8.82. The van der Waals surface area contributed by atoms with E-state index in [2.05, 4.69) is 0 Å². The van der Waals surface area contributed by atoms with Crippen molar-refractivity contribution in [1.29, 1.82) is 0 Å². The molecule has 1 unspecified atom stereocenters. The normalized spacial score (nSPS) is 29.6. The van der Waals surface area contributed by atoms with Gasteiger partial charge in [0.05, 0.1) is 11.0 Å². The summed E-state index contributed by atoms with van der Waals surface area (Å²) in [4.78, 5) is -0.222. The minimum Gasteiger partial charge on any atom is -0.392 e. The van der Waals surface area contributed by atoms with Gasteiger partial charge in [-0.1, -0.05) is 0 Å². The summed E-state index contributed by atoms with van der Waals surface area (Å²) in [7, 11) is 0. The first-order valence-electron chi connectivity index (χ1n) is 2.52. The van der Waals surface area contributed by atoms with Crippen molar-refractivity contribution >= 4 is 11.6 Å². The highest BCUT2D eigenvalue weighted by atomic mass is 35.5. The number of halogens is 1. The second-order valence-corrected chi connectivity index (χ2v) is 2.96. The van der Waals surface area contributed by atoms with Crippen LogP contribution in [0.1, 0.15) is 19.8 Å². The quantitative estimate of drug-likeness (QED) is 0.515. The summed E-state index contributed by atoms with van der Waals surface area (Å²) in [5, 5.41) is 8.82. The summed E-state index contributed by atoms with van der Waals surface area (Å²) in [5.41, 5.74) is 0. The SMILES string of the molecule is CC(O)C1(Cl)CC1. The molecule has 0 heterocycles. The van der Waals surface area contributed by atoms with E-state index in [0.29, 0.717) is 0 Å². The first kappa shape index (κ1) is 5.39. The fraction of sp³-hybridized carbons (Fsp3) is 1.00. The third-order valence-corrected chi connectivity index (χ3v) is 2.17. The Morgan fingerprint density at radius 3 is 2.14 bits per heavy atom. The number of aliphatic hydroxyl groups excluding tert-OH is 1. The van der Waals surface area contributed by atoms with Gasteiger partial charge in [0, 0.05) is 0 Å². The lowest BCUT2D eigenvalue weighted by atomic mass is 10.3. The predicted octanol–water partition coefficient (Wildman–Crippen LogP) is 1.14. The van der Waals surface area contributed by atoms with Gasteiger partial charge in [0.25, 0.3) is 0 Å². The highest BCUT2D eigenvalue weighted by Gasteiger charge is 2.44. The molecule has 42 valence electrons. The number of hydrogen-bond acceptors (Lipinski definition) is 1. The van der Waals surface area contributed by atoms with Crippen molar-refractivity contribution in [2.75, 3.05) is 0 Å². The molecule has 0 spiro atoms. The van der Waals surface area contributed by atoms with Gasteiger partial charge in [-0.25, -0.2) is 0 Å². The molecule has 7 heavy (non-hydrogen) atoms. The van der Waals surface area contributed by atoms with E-state index in [-0.39, 0.29) is 11.0 Å². The van der Waals surface area contributed by atoms with Crippen molar-refractivity contribution in [1.82, 2.24) is 0 Å². The van der Waals surface area contributed by atoms with Crippen molar-refractivity contribution in [2.24, 2.45) is 0 Å². The molecule has 0 aromatic heterocycles. The lowest BCUT2D eigenvalue weighted by Gasteiger charge is -2.06. The molecule has 2 heteroatoms. The first-order chi connectivity index (χ1) is 3.15. The maximum Gasteiger partial charge on any atom is 0.0703 e. The molecule has 1 fully saturated rings. The maximum absolute atomic E-state index is 8.82. The van der Waals surface area contributed by atoms with Crippen molar-refractivity contribution < 1.29 is 5.11 Å². The summed E-state index contributed by atoms with van der Waals surface area (Å²) < 4.78 is 0. The fourth-order valence-corrected chi connectivity index (χ4v) is 0.632. The van der Waals surface area contributed by atoms with E-state index >= 15 is 0 Å². The third kappa shape index (κ3) is 0.892. The molecule has 0 saturated heterocycles. The molecule has 1 saturated carbocycles. The number of alkyl halides is 1. The van der Waals surface area contributed by atoms with Crippen LogP contribution in [0.5, 0.6) is 0 Å². The van der Waals surface area contributed by atoms with Gasteiger partial charge in [-0.3, -0.25) is 0 Å². The largest absolute Gasteiger partial charge is 0.392 e. The van der Waals surface area contributed by atoms with Crippen LogP contribution in [0.3, 0.4) is 0 Å². The Kier molecular flexibility index (Phi) is 1.05. The Morgan fingerprint density at radius 1 is 1.71 bits per heavy atom. The molecule has 1 nitrogen and oxygen atoms in total. The minimum absolute atomic E-state index is 0.222. The number of hydrogen-bond donors (Lipinski definition) is 1. The van der Waals surface area contributed by atoms with Gasteiger partial charge >= 0.3 is 0 Å². The zero-order chi connectivity index (χ0) is 5.49. The molecule has 0 bridgehead atoms. The summed E-state index contributed by atoms with van der Waals surface area (Å²) >= 11 is 5.73. The van der Waals surface area contributed by atoms with E-state index in [4.69, 9.17) is 16.7 Å². The van der Waals surface area contributed by atoms with Crippen molar-refractivity contribution in [2.45, 2.75) is 30.7 Å². The molecular weight excluding hydrogens is 112 g/mol. The molecule has 0 aliphatic heterocycles. The van der Waals surface area contributed by atoms with E-state index in [1.165, 1.54) is 0 Å². The van der Waals surface area contributed by atoms with Crippen LogP contribution in [0.15, 0.2) is 0 Å². The second-order valence-electron chi connectivity index (χ2n) is 2.21. The summed E-state index contributed by atoms with van der Waals surface area (Å²) in [5.74, 6) is 0. The molecule has 1 rings (SSSR count). The summed E-state index contributed by atoms with van der Waals surface area (Å²) in [6, 6.07) is 0. The molecule has 1 aliphatic carbocycles. The van der Waals surface area contributed by atoms with Gasteiger partial charge < -0.3 is 5.11 Å². The van der Waals surface area contributed by atoms with Gasteiger partial charge in [0.15, 0.2) is 0 Å². The van der Waals surface area contributed by atoms with E-state index in [9.17, 15) is 0 Å². The molecule has 1 atom stereocenters. The molecule has 0 amide bonds. The number of rotatable bonds is 1. The van der Waals surface area contributed by atoms with Crippen molar-refractivity contribution in [3.05, 3.63) is 0 Å². The van der Waals surface area contributed by atoms with Crippen LogP contribution in [-0.4, -0.2) is 16.1 Å². The van der Waals surface area contributed by atoms with E-state index in [0.717, 1.165) is 12.8 Å². The lowest BCUT2D eigenvalue weighted by molar-refractivity contribution is 0.181. The predicted molar refractivity (Wildman–Crippen MR) is 29.5 cm³/mol. The Balaban J connectivity index is 2.39. The fourth-order valence-electron chi connectivity index (χ4n) is 0.537. The van der Waals surface area contributed by atoms with Gasteiger partial charge in [0.1, 0.15) is 0 Å². The average molecular weight is 121 g/mol. The van der Waals surface area contributed by atoms with Crippen molar-refractivity contribution in [3.8, 4) is 0 Å². The average Bonchev–Trinajstić information content (AvgIpc) is 2.21. The molecule has 0 aromatic carbocycles. The smallest absolute Gasteiger partial charge is 0.0703 e. The van der Waals surface area contributed by atoms with Crippen LogP contribution in [0, 0.1) is 0 Å². The van der Waals surface area contributed by atoms with Crippen molar-refractivity contribution in [3.63, 3.8) is 0 Å². The Hall–Kier alpha value is 0.250. The second kappa shape index (κ2) is 1.36. The summed E-state index contributed by atoms with van der Waals surface area (Å²) in [6.45, 7) is 1.74. The van der Waals surface area contributed by atoms with Gasteiger partial charge in [-0.15, -0.1) is 11.6 Å². The Labute approximate surface area is 48.3 Å². The molecule has 0 radical (unpaired) electrons. The van der Waals surface area contributed by atoms with E-state index in [1.54, 1.807) is 6.92 Å². The van der Waals surface area contributed by atoms with Crippen LogP contribution in [-0.2, 0) is 0 Å². The van der Waals surface area contributed by atoms with Crippen LogP contribution in [0.2, 0.25) is 0 Å². The van der Waals surface area contributed by atoms with Gasteiger partial charge in [-0.2, -0.15) is 0 Å².